The lowest BCUT2D eigenvalue weighted by atomic mass is 10.3. The first-order valence-electron chi connectivity index (χ1n) is 10.6. The first-order valence-corrected chi connectivity index (χ1v) is 10.6. The van der Waals surface area contributed by atoms with Crippen molar-refractivity contribution in [2.45, 2.75) is 26.2 Å². The van der Waals surface area contributed by atoms with Crippen LogP contribution in [0.5, 0.6) is 0 Å². The Labute approximate surface area is 182 Å². The Balaban J connectivity index is 1.14. The van der Waals surface area contributed by atoms with Crippen LogP contribution in [0, 0.1) is 0 Å². The van der Waals surface area contributed by atoms with Crippen molar-refractivity contribution in [2.75, 3.05) is 0 Å². The Morgan fingerprint density at radius 3 is 1.58 bits per heavy atom. The number of benzene rings is 2. The zero-order valence-corrected chi connectivity index (χ0v) is 17.5. The highest BCUT2D eigenvalue weighted by Gasteiger charge is 2.11. The van der Waals surface area contributed by atoms with Crippen LogP contribution in [0.2, 0.25) is 0 Å². The Morgan fingerprint density at radius 1 is 0.516 bits per heavy atom. The minimum Gasteiger partial charge on any atom is -0.233 e. The largest absolute Gasteiger partial charge is 0.249 e. The van der Waals surface area contributed by atoms with Gasteiger partial charge in [0.25, 0.3) is 0 Å². The second kappa shape index (κ2) is 8.83. The van der Waals surface area contributed by atoms with Crippen LogP contribution < -0.4 is 13.7 Å². The number of aromatic nitrogens is 6. The van der Waals surface area contributed by atoms with E-state index in [0.717, 1.165) is 26.2 Å². The number of hydrogen-bond donors (Lipinski definition) is 0. The average Bonchev–Trinajstić information content (AvgIpc) is 3.58. The molecule has 3 aromatic heterocycles. The Kier molecular flexibility index (Phi) is 5.43. The first-order chi connectivity index (χ1) is 15.3. The molecule has 5 rings (SSSR count). The van der Waals surface area contributed by atoms with Crippen LogP contribution >= 0.6 is 0 Å². The van der Waals surface area contributed by atoms with Crippen molar-refractivity contribution < 1.29 is 13.7 Å². The van der Waals surface area contributed by atoms with E-state index in [1.165, 1.54) is 11.4 Å². The molecule has 3 heterocycles. The molecular formula is C25H27N6+3. The van der Waals surface area contributed by atoms with Crippen molar-refractivity contribution >= 4 is 0 Å². The molecular weight excluding hydrogens is 384 g/mol. The van der Waals surface area contributed by atoms with Gasteiger partial charge < -0.3 is 0 Å². The first kappa shape index (κ1) is 19.1. The molecule has 0 radical (unpaired) electrons. The Hall–Kier alpha value is -3.93. The molecule has 31 heavy (non-hydrogen) atoms. The molecule has 5 aromatic rings. The van der Waals surface area contributed by atoms with E-state index in [0.29, 0.717) is 0 Å². The van der Waals surface area contributed by atoms with Crippen LogP contribution in [0.1, 0.15) is 0 Å². The summed E-state index contributed by atoms with van der Waals surface area (Å²) in [6, 6.07) is 20.8. The summed E-state index contributed by atoms with van der Waals surface area (Å²) in [5, 5.41) is 0. The van der Waals surface area contributed by atoms with E-state index in [4.69, 9.17) is 0 Å². The molecule has 0 unspecified atom stereocenters. The third-order valence-corrected chi connectivity index (χ3v) is 5.47. The van der Waals surface area contributed by atoms with E-state index < -0.39 is 0 Å². The fourth-order valence-corrected chi connectivity index (χ4v) is 3.72. The summed E-state index contributed by atoms with van der Waals surface area (Å²) >= 11 is 0. The monoisotopic (exact) mass is 411 g/mol. The molecule has 6 nitrogen and oxygen atoms in total. The minimum atomic E-state index is 0.934. The number of rotatable bonds is 8. The second-order valence-electron chi connectivity index (χ2n) is 7.68. The van der Waals surface area contributed by atoms with E-state index in [9.17, 15) is 0 Å². The summed E-state index contributed by atoms with van der Waals surface area (Å²) in [5.41, 5.74) is 2.36. The van der Waals surface area contributed by atoms with Crippen LogP contribution in [0.25, 0.3) is 11.4 Å². The lowest BCUT2D eigenvalue weighted by molar-refractivity contribution is -0.777. The van der Waals surface area contributed by atoms with Gasteiger partial charge in [0.2, 0.25) is 19.0 Å². The van der Waals surface area contributed by atoms with E-state index in [-0.39, 0.29) is 0 Å². The summed E-state index contributed by atoms with van der Waals surface area (Å²) in [6.07, 6.45) is 19.2. The van der Waals surface area contributed by atoms with Crippen molar-refractivity contribution in [3.63, 3.8) is 0 Å². The molecule has 154 valence electrons. The molecule has 2 aromatic carbocycles. The number of imidazole rings is 3. The molecule has 0 saturated carbocycles. The van der Waals surface area contributed by atoms with Crippen LogP contribution in [-0.2, 0) is 26.2 Å². The fourth-order valence-electron chi connectivity index (χ4n) is 3.72. The average molecular weight is 412 g/mol. The maximum atomic E-state index is 2.24. The van der Waals surface area contributed by atoms with Gasteiger partial charge in [0, 0.05) is 0 Å². The topological polar surface area (TPSA) is 26.4 Å². The van der Waals surface area contributed by atoms with Crippen molar-refractivity contribution in [3.05, 3.63) is 117 Å². The molecule has 0 spiro atoms. The number of para-hydroxylation sites is 2. The zero-order valence-electron chi connectivity index (χ0n) is 17.5. The van der Waals surface area contributed by atoms with Gasteiger partial charge in [-0.05, 0) is 24.3 Å². The predicted molar refractivity (Wildman–Crippen MR) is 117 cm³/mol. The smallest absolute Gasteiger partial charge is 0.233 e. The van der Waals surface area contributed by atoms with Crippen LogP contribution in [0.15, 0.2) is 117 Å². The van der Waals surface area contributed by atoms with Gasteiger partial charge in [-0.2, -0.15) is 0 Å². The van der Waals surface area contributed by atoms with Gasteiger partial charge in [0.1, 0.15) is 74.7 Å². The lowest BCUT2D eigenvalue weighted by Crippen LogP contribution is -2.42. The quantitative estimate of drug-likeness (QED) is 0.351. The van der Waals surface area contributed by atoms with Gasteiger partial charge in [0.15, 0.2) is 0 Å². The summed E-state index contributed by atoms with van der Waals surface area (Å²) < 4.78 is 13.2. The maximum absolute atomic E-state index is 2.24. The SMILES string of the molecule is c1ccc(-n2cc[n+](CCn3cc[n+](CC[n+]4ccn(-c5ccccc5)c4)c3)c2)cc1. The van der Waals surface area contributed by atoms with E-state index >= 15 is 0 Å². The third kappa shape index (κ3) is 4.64. The molecule has 0 atom stereocenters. The van der Waals surface area contributed by atoms with Gasteiger partial charge in [0.05, 0.1) is 0 Å². The number of nitrogens with zero attached hydrogens (tertiary/aromatic N) is 6. The zero-order chi connectivity index (χ0) is 20.9. The van der Waals surface area contributed by atoms with Crippen LogP contribution in [0.4, 0.5) is 0 Å². The summed E-state index contributed by atoms with van der Waals surface area (Å²) in [7, 11) is 0. The predicted octanol–water partition coefficient (Wildman–Crippen LogP) is 2.33. The molecule has 0 fully saturated rings. The normalized spacial score (nSPS) is 11.1. The van der Waals surface area contributed by atoms with Gasteiger partial charge in [-0.25, -0.2) is 27.4 Å². The summed E-state index contributed by atoms with van der Waals surface area (Å²) in [6.45, 7) is 3.74. The van der Waals surface area contributed by atoms with Crippen molar-refractivity contribution in [3.8, 4) is 11.4 Å². The van der Waals surface area contributed by atoms with E-state index in [1.807, 2.05) is 12.1 Å². The maximum Gasteiger partial charge on any atom is 0.249 e. The molecule has 0 amide bonds. The fraction of sp³-hybridized carbons (Fsp3) is 0.160. The van der Waals surface area contributed by atoms with Gasteiger partial charge in [-0.1, -0.05) is 36.4 Å². The lowest BCUT2D eigenvalue weighted by Gasteiger charge is -1.96. The number of hydrogen-bond acceptors (Lipinski definition) is 0. The molecule has 0 aliphatic heterocycles. The van der Waals surface area contributed by atoms with E-state index in [1.54, 1.807) is 0 Å². The molecule has 0 N–H and O–H groups in total. The molecule has 0 bridgehead atoms. The van der Waals surface area contributed by atoms with Gasteiger partial charge in [-0.15, -0.1) is 0 Å². The molecule has 0 aliphatic carbocycles. The van der Waals surface area contributed by atoms with Gasteiger partial charge >= 0.3 is 0 Å². The second-order valence-corrected chi connectivity index (χ2v) is 7.68. The van der Waals surface area contributed by atoms with E-state index in [2.05, 4.69) is 132 Å². The standard InChI is InChI=1S/C25H27N6/c1-3-7-24(8-4-1)30-19-17-28(22-30)15-13-26-11-12-27(21-26)14-16-29-18-20-31(23-29)25-9-5-2-6-10-25/h1-12,17-23H,13-16H2/q+3. The Bertz CT molecular complexity index is 1140. The highest BCUT2D eigenvalue weighted by Crippen LogP contribution is 2.05. The molecule has 0 saturated heterocycles. The Morgan fingerprint density at radius 2 is 1.00 bits per heavy atom. The molecule has 0 aliphatic rings. The number of aryl methyl sites for hydroxylation is 4. The van der Waals surface area contributed by atoms with Crippen LogP contribution in [0.3, 0.4) is 0 Å². The van der Waals surface area contributed by atoms with Gasteiger partial charge in [-0.3, -0.25) is 0 Å². The van der Waals surface area contributed by atoms with Crippen molar-refractivity contribution in [1.29, 1.82) is 0 Å². The van der Waals surface area contributed by atoms with Crippen molar-refractivity contribution in [1.82, 2.24) is 13.7 Å². The minimum absolute atomic E-state index is 0.934. The highest BCUT2D eigenvalue weighted by molar-refractivity contribution is 5.30. The highest BCUT2D eigenvalue weighted by atomic mass is 15.2. The summed E-state index contributed by atoms with van der Waals surface area (Å²) in [5.74, 6) is 0. The van der Waals surface area contributed by atoms with Crippen molar-refractivity contribution in [2.24, 2.45) is 0 Å². The third-order valence-electron chi connectivity index (χ3n) is 5.47. The summed E-state index contributed by atoms with van der Waals surface area (Å²) in [4.78, 5) is 0. The van der Waals surface area contributed by atoms with Crippen LogP contribution in [-0.4, -0.2) is 13.7 Å². The molecule has 6 heteroatoms.